The van der Waals surface area contributed by atoms with Gasteiger partial charge in [0.2, 0.25) is 5.91 Å². The molecule has 3 aromatic carbocycles. The molecule has 0 spiro atoms. The number of aromatic amines is 1. The standard InChI is InChI=1S/C31H32N4O7/c1-40-23-8-5-4-7-21(23)29-32-22-11-10-20-18-26(36)35(30(37)27(20)28(22)33-29)15-6-14-34(31(38)39)16-13-19-9-12-24(41-2)25(17-19)42-3/h4-5,7-12,17H,6,13-16,18H2,1-3H3,(H,32,33)(H,38,39). The SMILES string of the molecule is COc1ccc(CCN(CCCN2C(=O)Cc3ccc4nc(-c5ccccc5OC)[nH]c4c3C2=O)C(=O)O)cc1OC. The Morgan fingerprint density at radius 1 is 0.976 bits per heavy atom. The first-order chi connectivity index (χ1) is 20.3. The number of hydrogen-bond donors (Lipinski definition) is 2. The van der Waals surface area contributed by atoms with Crippen molar-refractivity contribution >= 4 is 28.9 Å². The van der Waals surface area contributed by atoms with Gasteiger partial charge in [0.15, 0.2) is 11.5 Å². The number of fused-ring (bicyclic) bond motifs is 3. The maximum Gasteiger partial charge on any atom is 0.407 e. The number of rotatable bonds is 11. The lowest BCUT2D eigenvalue weighted by molar-refractivity contribution is -0.128. The van der Waals surface area contributed by atoms with Crippen molar-refractivity contribution in [2.75, 3.05) is 41.0 Å². The Balaban J connectivity index is 1.29. The van der Waals surface area contributed by atoms with Crippen LogP contribution in [0, 0.1) is 0 Å². The molecule has 1 aromatic heterocycles. The van der Waals surface area contributed by atoms with Crippen molar-refractivity contribution in [3.05, 3.63) is 71.3 Å². The summed E-state index contributed by atoms with van der Waals surface area (Å²) in [7, 11) is 4.68. The van der Waals surface area contributed by atoms with Gasteiger partial charge in [-0.25, -0.2) is 9.78 Å². The average Bonchev–Trinajstić information content (AvgIpc) is 3.43. The molecule has 0 atom stereocenters. The Bertz CT molecular complexity index is 1650. The molecule has 11 nitrogen and oxygen atoms in total. The van der Waals surface area contributed by atoms with Gasteiger partial charge < -0.3 is 29.2 Å². The molecule has 2 heterocycles. The van der Waals surface area contributed by atoms with Crippen molar-refractivity contribution in [3.8, 4) is 28.6 Å². The highest BCUT2D eigenvalue weighted by molar-refractivity contribution is 6.15. The minimum atomic E-state index is -1.07. The van der Waals surface area contributed by atoms with E-state index in [4.69, 9.17) is 14.2 Å². The zero-order chi connectivity index (χ0) is 29.8. The number of H-pyrrole nitrogens is 1. The molecule has 0 unspecified atom stereocenters. The summed E-state index contributed by atoms with van der Waals surface area (Å²) in [6.45, 7) is 0.510. The minimum Gasteiger partial charge on any atom is -0.496 e. The van der Waals surface area contributed by atoms with Crippen molar-refractivity contribution in [1.82, 2.24) is 19.8 Å². The van der Waals surface area contributed by atoms with E-state index in [-0.39, 0.29) is 32.0 Å². The van der Waals surface area contributed by atoms with Crippen LogP contribution in [0.2, 0.25) is 0 Å². The first kappa shape index (κ1) is 28.5. The second-order valence-corrected chi connectivity index (χ2v) is 9.87. The van der Waals surface area contributed by atoms with Crippen LogP contribution in [0.5, 0.6) is 17.2 Å². The van der Waals surface area contributed by atoms with Crippen molar-refractivity contribution in [2.45, 2.75) is 19.3 Å². The minimum absolute atomic E-state index is 0.0714. The fourth-order valence-electron chi connectivity index (χ4n) is 5.24. The van der Waals surface area contributed by atoms with Crippen LogP contribution in [0.3, 0.4) is 0 Å². The molecule has 0 saturated heterocycles. The van der Waals surface area contributed by atoms with E-state index in [0.29, 0.717) is 58.1 Å². The highest BCUT2D eigenvalue weighted by atomic mass is 16.5. The number of carbonyl (C=O) groups is 3. The fraction of sp³-hybridized carbons (Fsp3) is 0.290. The van der Waals surface area contributed by atoms with Gasteiger partial charge in [0.1, 0.15) is 11.6 Å². The van der Waals surface area contributed by atoms with E-state index in [1.165, 1.54) is 9.80 Å². The molecule has 42 heavy (non-hydrogen) atoms. The van der Waals surface area contributed by atoms with Gasteiger partial charge in [-0.15, -0.1) is 0 Å². The molecule has 0 aliphatic carbocycles. The molecule has 2 N–H and O–H groups in total. The van der Waals surface area contributed by atoms with Gasteiger partial charge in [0.05, 0.1) is 49.9 Å². The molecule has 1 aliphatic rings. The number of carbonyl (C=O) groups excluding carboxylic acids is 2. The number of hydrogen-bond acceptors (Lipinski definition) is 7. The average molecular weight is 573 g/mol. The second-order valence-electron chi connectivity index (χ2n) is 9.87. The van der Waals surface area contributed by atoms with Gasteiger partial charge in [-0.05, 0) is 54.3 Å². The molecule has 11 heteroatoms. The lowest BCUT2D eigenvalue weighted by atomic mass is 9.97. The molecule has 3 amide bonds. The third kappa shape index (κ3) is 5.58. The maximum absolute atomic E-state index is 13.6. The predicted octanol–water partition coefficient (Wildman–Crippen LogP) is 4.39. The predicted molar refractivity (Wildman–Crippen MR) is 155 cm³/mol. The van der Waals surface area contributed by atoms with Crippen LogP contribution >= 0.6 is 0 Å². The second kappa shape index (κ2) is 12.2. The van der Waals surface area contributed by atoms with Crippen molar-refractivity contribution in [1.29, 1.82) is 0 Å². The van der Waals surface area contributed by atoms with Crippen molar-refractivity contribution in [3.63, 3.8) is 0 Å². The Labute approximate surface area is 242 Å². The summed E-state index contributed by atoms with van der Waals surface area (Å²) in [4.78, 5) is 49.0. The summed E-state index contributed by atoms with van der Waals surface area (Å²) in [5.74, 6) is 1.62. The number of nitrogens with zero attached hydrogens (tertiary/aromatic N) is 3. The summed E-state index contributed by atoms with van der Waals surface area (Å²) in [5, 5.41) is 9.77. The normalized spacial score (nSPS) is 12.8. The van der Waals surface area contributed by atoms with Crippen LogP contribution in [0.4, 0.5) is 4.79 Å². The Hall–Kier alpha value is -5.06. The van der Waals surface area contributed by atoms with Gasteiger partial charge in [-0.2, -0.15) is 0 Å². The van der Waals surface area contributed by atoms with Gasteiger partial charge in [-0.1, -0.05) is 24.3 Å². The van der Waals surface area contributed by atoms with E-state index in [2.05, 4.69) is 9.97 Å². The maximum atomic E-state index is 13.6. The number of carboxylic acid groups (broad SMARTS) is 1. The van der Waals surface area contributed by atoms with E-state index >= 15 is 0 Å². The molecule has 0 fully saturated rings. The van der Waals surface area contributed by atoms with Gasteiger partial charge in [0.25, 0.3) is 5.91 Å². The number of imidazole rings is 1. The quantitative estimate of drug-likeness (QED) is 0.253. The van der Waals surface area contributed by atoms with E-state index < -0.39 is 12.0 Å². The number of methoxy groups -OCH3 is 3. The molecule has 0 radical (unpaired) electrons. The van der Waals surface area contributed by atoms with Crippen LogP contribution in [0.15, 0.2) is 54.6 Å². The van der Waals surface area contributed by atoms with E-state index in [9.17, 15) is 19.5 Å². The van der Waals surface area contributed by atoms with Gasteiger partial charge >= 0.3 is 6.09 Å². The summed E-state index contributed by atoms with van der Waals surface area (Å²) < 4.78 is 16.1. The fourth-order valence-corrected chi connectivity index (χ4v) is 5.24. The number of benzene rings is 3. The summed E-state index contributed by atoms with van der Waals surface area (Å²) in [6, 6.07) is 16.5. The summed E-state index contributed by atoms with van der Waals surface area (Å²) >= 11 is 0. The highest BCUT2D eigenvalue weighted by Gasteiger charge is 2.33. The van der Waals surface area contributed by atoms with Crippen LogP contribution in [-0.2, 0) is 17.6 Å². The molecule has 5 rings (SSSR count). The Morgan fingerprint density at radius 3 is 2.48 bits per heavy atom. The van der Waals surface area contributed by atoms with Crippen LogP contribution in [-0.4, -0.2) is 83.7 Å². The highest BCUT2D eigenvalue weighted by Crippen LogP contribution is 2.33. The third-order valence-corrected chi connectivity index (χ3v) is 7.41. The first-order valence-corrected chi connectivity index (χ1v) is 13.5. The Morgan fingerprint density at radius 2 is 1.74 bits per heavy atom. The third-order valence-electron chi connectivity index (χ3n) is 7.41. The topological polar surface area (TPSA) is 134 Å². The number of ether oxygens (including phenoxy) is 3. The molecular weight excluding hydrogens is 540 g/mol. The number of amides is 3. The number of imide groups is 1. The zero-order valence-electron chi connectivity index (χ0n) is 23.7. The summed E-state index contributed by atoms with van der Waals surface area (Å²) in [6.07, 6.45) is -0.230. The zero-order valence-corrected chi connectivity index (χ0v) is 23.7. The van der Waals surface area contributed by atoms with Gasteiger partial charge in [0, 0.05) is 19.6 Å². The van der Waals surface area contributed by atoms with Crippen molar-refractivity contribution in [2.24, 2.45) is 0 Å². The molecule has 0 bridgehead atoms. The molecular formula is C31H32N4O7. The van der Waals surface area contributed by atoms with Crippen LogP contribution in [0.1, 0.15) is 27.9 Å². The van der Waals surface area contributed by atoms with E-state index in [1.54, 1.807) is 39.5 Å². The lowest BCUT2D eigenvalue weighted by Gasteiger charge is -2.28. The number of aromatic nitrogens is 2. The first-order valence-electron chi connectivity index (χ1n) is 13.5. The summed E-state index contributed by atoms with van der Waals surface area (Å²) in [5.41, 5.74) is 3.84. The monoisotopic (exact) mass is 572 g/mol. The van der Waals surface area contributed by atoms with Crippen LogP contribution < -0.4 is 14.2 Å². The van der Waals surface area contributed by atoms with Crippen molar-refractivity contribution < 1.29 is 33.7 Å². The van der Waals surface area contributed by atoms with E-state index in [1.807, 2.05) is 36.4 Å². The lowest BCUT2D eigenvalue weighted by Crippen LogP contribution is -2.44. The van der Waals surface area contributed by atoms with Crippen LogP contribution in [0.25, 0.3) is 22.4 Å². The molecule has 0 saturated carbocycles. The molecule has 4 aromatic rings. The van der Waals surface area contributed by atoms with Gasteiger partial charge in [-0.3, -0.25) is 14.5 Å². The molecule has 1 aliphatic heterocycles. The number of nitrogens with one attached hydrogen (secondary N) is 1. The Kier molecular flexibility index (Phi) is 8.28. The largest absolute Gasteiger partial charge is 0.496 e. The smallest absolute Gasteiger partial charge is 0.407 e. The number of para-hydroxylation sites is 1. The molecule has 218 valence electrons. The van der Waals surface area contributed by atoms with E-state index in [0.717, 1.165) is 11.1 Å².